The fourth-order valence-electron chi connectivity index (χ4n) is 6.28. The van der Waals surface area contributed by atoms with Gasteiger partial charge in [-0.1, -0.05) is 127 Å². The number of aromatic nitrogens is 6. The standard InChI is InChI=1S/C22H21F3N3.C21H21F3N3.Pt/c1-13(2)17-6-5-7-18(14(3)4)20(17)15-8-9-19(26-10-15)16-11-27-21(28-12-16)22(23,24)25;1-12(2)15-6-5-7-16(13(3)4)20(15)14-8-9-17(25-11-14)18-10-19(27-26-18)21(22,23)24;/h5-11,13-14H,1-4H3;5-13H,1-4H3;/q2*-1;+2. The van der Waals surface area contributed by atoms with Crippen LogP contribution in [0.25, 0.3) is 44.9 Å². The first-order chi connectivity index (χ1) is 25.9. The number of hydrogen-bond donors (Lipinski definition) is 0. The maximum Gasteiger partial charge on any atom is 2.00 e. The molecule has 0 aliphatic carbocycles. The van der Waals surface area contributed by atoms with Gasteiger partial charge in [0.15, 0.2) is 0 Å². The summed E-state index contributed by atoms with van der Waals surface area (Å²) in [4.78, 5) is 15.4. The Hall–Kier alpha value is -4.70. The fraction of sp³-hybridized carbons (Fsp3) is 0.326. The molecule has 0 saturated carbocycles. The van der Waals surface area contributed by atoms with Gasteiger partial charge in [-0.3, -0.25) is 4.98 Å². The van der Waals surface area contributed by atoms with Crippen LogP contribution >= 0.6 is 0 Å². The summed E-state index contributed by atoms with van der Waals surface area (Å²) >= 11 is 0. The first-order valence-electron chi connectivity index (χ1n) is 18.0. The monoisotopic (exact) mass is 951 g/mol. The van der Waals surface area contributed by atoms with Gasteiger partial charge in [-0.05, 0) is 86.6 Å². The molecule has 0 N–H and O–H groups in total. The second-order valence-electron chi connectivity index (χ2n) is 14.4. The predicted octanol–water partition coefficient (Wildman–Crippen LogP) is 12.3. The Morgan fingerprint density at radius 3 is 1.32 bits per heavy atom. The minimum Gasteiger partial charge on any atom is -0.573 e. The van der Waals surface area contributed by atoms with E-state index < -0.39 is 23.9 Å². The Balaban J connectivity index is 0.000000244. The van der Waals surface area contributed by atoms with Crippen LogP contribution in [0.5, 0.6) is 0 Å². The van der Waals surface area contributed by atoms with Gasteiger partial charge in [-0.25, -0.2) is 0 Å². The predicted molar refractivity (Wildman–Crippen MR) is 202 cm³/mol. The molecule has 0 radical (unpaired) electrons. The summed E-state index contributed by atoms with van der Waals surface area (Å²) in [5.41, 5.74) is 9.45. The van der Waals surface area contributed by atoms with Crippen LogP contribution in [0.2, 0.25) is 0 Å². The van der Waals surface area contributed by atoms with E-state index in [0.717, 1.165) is 29.0 Å². The van der Waals surface area contributed by atoms with Gasteiger partial charge in [0.25, 0.3) is 0 Å². The quantitative estimate of drug-likeness (QED) is 0.112. The van der Waals surface area contributed by atoms with Crippen LogP contribution in [0.1, 0.15) is 113 Å². The number of nitrogens with zero attached hydrogens (tertiary/aromatic N) is 6. The van der Waals surface area contributed by atoms with Crippen molar-refractivity contribution in [2.24, 2.45) is 0 Å². The van der Waals surface area contributed by atoms with Crippen molar-refractivity contribution in [3.8, 4) is 44.9 Å². The summed E-state index contributed by atoms with van der Waals surface area (Å²) in [5.74, 6) is 0.178. The molecule has 0 atom stereocenters. The number of rotatable bonds is 8. The molecule has 296 valence electrons. The summed E-state index contributed by atoms with van der Waals surface area (Å²) in [6, 6.07) is 20.8. The number of alkyl halides is 6. The molecule has 0 fully saturated rings. The van der Waals surface area contributed by atoms with Crippen LogP contribution < -0.4 is 5.10 Å². The van der Waals surface area contributed by atoms with Gasteiger partial charge in [0.05, 0.1) is 0 Å². The molecule has 0 spiro atoms. The number of hydrogen-bond acceptors (Lipinski definition) is 5. The van der Waals surface area contributed by atoms with E-state index in [1.54, 1.807) is 24.5 Å². The van der Waals surface area contributed by atoms with Crippen LogP contribution in [0.15, 0.2) is 85.3 Å². The minimum absolute atomic E-state index is 0. The maximum absolute atomic E-state index is 12.7. The van der Waals surface area contributed by atoms with E-state index in [0.29, 0.717) is 40.6 Å². The molecule has 0 bridgehead atoms. The molecule has 56 heavy (non-hydrogen) atoms. The van der Waals surface area contributed by atoms with Crippen LogP contribution in [0.3, 0.4) is 0 Å². The van der Waals surface area contributed by atoms with Crippen molar-refractivity contribution in [2.75, 3.05) is 0 Å². The van der Waals surface area contributed by atoms with E-state index in [1.165, 1.54) is 27.8 Å². The van der Waals surface area contributed by atoms with Gasteiger partial charge in [0.1, 0.15) is 11.5 Å². The van der Waals surface area contributed by atoms with E-state index in [-0.39, 0.29) is 26.8 Å². The molecule has 6 aromatic rings. The third-order valence-electron chi connectivity index (χ3n) is 9.07. The Bertz CT molecular complexity index is 2140. The zero-order valence-corrected chi connectivity index (χ0v) is 34.4. The average molecular weight is 952 g/mol. The first-order valence-corrected chi connectivity index (χ1v) is 18.0. The summed E-state index contributed by atoms with van der Waals surface area (Å²) in [6.45, 7) is 17.2. The van der Waals surface area contributed by atoms with Crippen molar-refractivity contribution in [3.63, 3.8) is 0 Å². The Labute approximate surface area is 337 Å². The molecule has 0 amide bonds. The molecule has 2 aromatic carbocycles. The summed E-state index contributed by atoms with van der Waals surface area (Å²) < 4.78 is 76.0. The van der Waals surface area contributed by atoms with E-state index in [4.69, 9.17) is 0 Å². The van der Waals surface area contributed by atoms with Gasteiger partial charge in [-0.2, -0.15) is 26.3 Å². The second kappa shape index (κ2) is 18.0. The van der Waals surface area contributed by atoms with Gasteiger partial charge in [-0.15, -0.1) is 0 Å². The van der Waals surface area contributed by atoms with E-state index in [1.807, 2.05) is 12.1 Å². The van der Waals surface area contributed by atoms with Crippen LogP contribution in [0.4, 0.5) is 26.3 Å². The van der Waals surface area contributed by atoms with E-state index in [9.17, 15) is 26.3 Å². The molecule has 6 nitrogen and oxygen atoms in total. The van der Waals surface area contributed by atoms with Crippen molar-refractivity contribution in [2.45, 2.75) is 91.4 Å². The number of benzene rings is 2. The number of halogens is 6. The van der Waals surface area contributed by atoms with Crippen LogP contribution in [0, 0.1) is 6.20 Å². The molecule has 0 saturated heterocycles. The molecule has 0 unspecified atom stereocenters. The zero-order valence-electron chi connectivity index (χ0n) is 32.2. The Morgan fingerprint density at radius 2 is 1.00 bits per heavy atom. The molecule has 0 aliphatic rings. The fourth-order valence-corrected chi connectivity index (χ4v) is 6.28. The number of pyridine rings is 2. The van der Waals surface area contributed by atoms with Gasteiger partial charge >= 0.3 is 33.4 Å². The van der Waals surface area contributed by atoms with E-state index in [2.05, 4.69) is 128 Å². The van der Waals surface area contributed by atoms with Crippen LogP contribution in [-0.4, -0.2) is 25.0 Å². The van der Waals surface area contributed by atoms with Crippen molar-refractivity contribution in [3.05, 3.63) is 125 Å². The smallest absolute Gasteiger partial charge is 0.573 e. The van der Waals surface area contributed by atoms with Crippen molar-refractivity contribution >= 4 is 0 Å². The summed E-state index contributed by atoms with van der Waals surface area (Å²) in [7, 11) is 0. The third-order valence-corrected chi connectivity index (χ3v) is 9.07. The van der Waals surface area contributed by atoms with Gasteiger partial charge in [0.2, 0.25) is 0 Å². The van der Waals surface area contributed by atoms with Gasteiger partial charge < -0.3 is 25.1 Å². The summed E-state index contributed by atoms with van der Waals surface area (Å²) in [6.07, 6.45) is -2.17. The first kappa shape index (κ1) is 44.0. The SMILES string of the molecule is CC(C)c1cccc(C(C)C)c1-c1ccc(-c2[c-]nc(C(F)(F)F)nc2)nc1.CC(C)c1cccc(C(C)C)c1-c1ccc(-c2cc(C(F)(F)F)n[n-]2)nc1.[Pt+2]. The average Bonchev–Trinajstić information content (AvgIpc) is 3.66. The topological polar surface area (TPSA) is 78.5 Å². The molecule has 4 aromatic heterocycles. The maximum atomic E-state index is 12.7. The van der Waals surface area contributed by atoms with Crippen molar-refractivity contribution in [1.29, 1.82) is 0 Å². The molecule has 6 rings (SSSR count). The second-order valence-corrected chi connectivity index (χ2v) is 14.4. The van der Waals surface area contributed by atoms with Gasteiger partial charge in [0, 0.05) is 23.7 Å². The Morgan fingerprint density at radius 1 is 0.554 bits per heavy atom. The van der Waals surface area contributed by atoms with Crippen molar-refractivity contribution < 1.29 is 47.4 Å². The molecule has 0 aliphatic heterocycles. The third kappa shape index (κ3) is 10.2. The van der Waals surface area contributed by atoms with E-state index >= 15 is 0 Å². The molecular weight excluding hydrogens is 910 g/mol. The minimum atomic E-state index is -4.58. The molecular formula is C43H42F6N6Pt. The zero-order chi connectivity index (χ0) is 40.2. The molecule has 13 heteroatoms. The Kier molecular flexibility index (Phi) is 14.2. The normalized spacial score (nSPS) is 11.9. The molecule has 4 heterocycles. The summed E-state index contributed by atoms with van der Waals surface area (Å²) in [5, 5.41) is 6.82. The van der Waals surface area contributed by atoms with Crippen molar-refractivity contribution in [1.82, 2.24) is 30.1 Å². The largest absolute Gasteiger partial charge is 2.00 e. The van der Waals surface area contributed by atoms with Crippen LogP contribution in [-0.2, 0) is 33.4 Å².